The molecule has 0 heterocycles. The summed E-state index contributed by atoms with van der Waals surface area (Å²) in [6.45, 7) is 2.02. The first kappa shape index (κ1) is 13.6. The van der Waals surface area contributed by atoms with Gasteiger partial charge in [0.25, 0.3) is 5.91 Å². The standard InChI is InChI=1S/C15H20BrNO/c1-11-8-9-14(16)13(10-11)15(18)17(2)12-6-4-3-5-7-12/h8-10,12H,3-7H2,1-2H3. The Morgan fingerprint density at radius 2 is 1.94 bits per heavy atom. The van der Waals surface area contributed by atoms with Gasteiger partial charge in [-0.1, -0.05) is 30.9 Å². The van der Waals surface area contributed by atoms with Gasteiger partial charge in [-0.15, -0.1) is 0 Å². The number of hydrogen-bond donors (Lipinski definition) is 0. The molecular weight excluding hydrogens is 290 g/mol. The molecule has 1 aliphatic carbocycles. The molecule has 2 rings (SSSR count). The molecule has 0 spiro atoms. The molecule has 0 atom stereocenters. The van der Waals surface area contributed by atoms with Crippen LogP contribution in [0.4, 0.5) is 0 Å². The molecule has 0 unspecified atom stereocenters. The monoisotopic (exact) mass is 309 g/mol. The van der Waals surface area contributed by atoms with Crippen molar-refractivity contribution in [2.75, 3.05) is 7.05 Å². The van der Waals surface area contributed by atoms with Crippen molar-refractivity contribution in [3.8, 4) is 0 Å². The van der Waals surface area contributed by atoms with Gasteiger partial charge in [0.2, 0.25) is 0 Å². The van der Waals surface area contributed by atoms with Gasteiger partial charge in [0.1, 0.15) is 0 Å². The largest absolute Gasteiger partial charge is 0.339 e. The second-order valence-electron chi connectivity index (χ2n) is 5.19. The van der Waals surface area contributed by atoms with E-state index in [1.807, 2.05) is 37.1 Å². The lowest BCUT2D eigenvalue weighted by atomic mass is 9.94. The van der Waals surface area contributed by atoms with Crippen LogP contribution in [0, 0.1) is 6.92 Å². The summed E-state index contributed by atoms with van der Waals surface area (Å²) >= 11 is 3.48. The average molecular weight is 310 g/mol. The lowest BCUT2D eigenvalue weighted by molar-refractivity contribution is 0.0695. The highest BCUT2D eigenvalue weighted by atomic mass is 79.9. The van der Waals surface area contributed by atoms with Gasteiger partial charge < -0.3 is 4.90 Å². The summed E-state index contributed by atoms with van der Waals surface area (Å²) in [7, 11) is 1.94. The van der Waals surface area contributed by atoms with Gasteiger partial charge in [0.15, 0.2) is 0 Å². The van der Waals surface area contributed by atoms with Crippen LogP contribution in [0.15, 0.2) is 22.7 Å². The number of rotatable bonds is 2. The van der Waals surface area contributed by atoms with Crippen molar-refractivity contribution < 1.29 is 4.79 Å². The Morgan fingerprint density at radius 1 is 1.28 bits per heavy atom. The molecule has 1 saturated carbocycles. The number of hydrogen-bond acceptors (Lipinski definition) is 1. The maximum atomic E-state index is 12.5. The fraction of sp³-hybridized carbons (Fsp3) is 0.533. The maximum absolute atomic E-state index is 12.5. The Hall–Kier alpha value is -0.830. The summed E-state index contributed by atoms with van der Waals surface area (Å²) in [4.78, 5) is 14.4. The van der Waals surface area contributed by atoms with Crippen LogP contribution in [-0.2, 0) is 0 Å². The van der Waals surface area contributed by atoms with Crippen molar-refractivity contribution in [2.45, 2.75) is 45.1 Å². The van der Waals surface area contributed by atoms with Crippen molar-refractivity contribution in [3.05, 3.63) is 33.8 Å². The highest BCUT2D eigenvalue weighted by Gasteiger charge is 2.24. The zero-order valence-corrected chi connectivity index (χ0v) is 12.7. The van der Waals surface area contributed by atoms with Crippen LogP contribution in [0.3, 0.4) is 0 Å². The molecule has 18 heavy (non-hydrogen) atoms. The topological polar surface area (TPSA) is 20.3 Å². The van der Waals surface area contributed by atoms with E-state index in [-0.39, 0.29) is 5.91 Å². The van der Waals surface area contributed by atoms with Crippen molar-refractivity contribution in [1.82, 2.24) is 4.90 Å². The highest BCUT2D eigenvalue weighted by Crippen LogP contribution is 2.25. The summed E-state index contributed by atoms with van der Waals surface area (Å²) in [6, 6.07) is 6.35. The third kappa shape index (κ3) is 2.94. The first-order chi connectivity index (χ1) is 8.59. The summed E-state index contributed by atoms with van der Waals surface area (Å²) < 4.78 is 0.890. The minimum absolute atomic E-state index is 0.137. The number of amides is 1. The minimum Gasteiger partial charge on any atom is -0.339 e. The lowest BCUT2D eigenvalue weighted by Crippen LogP contribution is -2.38. The molecule has 1 aromatic rings. The van der Waals surface area contributed by atoms with Gasteiger partial charge in [0.05, 0.1) is 5.56 Å². The molecule has 98 valence electrons. The number of carbonyl (C=O) groups excluding carboxylic acids is 1. The molecule has 2 nitrogen and oxygen atoms in total. The Morgan fingerprint density at radius 3 is 2.61 bits per heavy atom. The average Bonchev–Trinajstić information content (AvgIpc) is 2.41. The molecule has 0 bridgehead atoms. The molecule has 0 aromatic heterocycles. The van der Waals surface area contributed by atoms with E-state index < -0.39 is 0 Å². The van der Waals surface area contributed by atoms with Crippen molar-refractivity contribution >= 4 is 21.8 Å². The van der Waals surface area contributed by atoms with Gasteiger partial charge >= 0.3 is 0 Å². The number of nitrogens with zero attached hydrogens (tertiary/aromatic N) is 1. The van der Waals surface area contributed by atoms with Gasteiger partial charge in [-0.3, -0.25) is 4.79 Å². The minimum atomic E-state index is 0.137. The second kappa shape index (κ2) is 5.87. The predicted molar refractivity (Wildman–Crippen MR) is 77.8 cm³/mol. The Kier molecular flexibility index (Phi) is 4.44. The van der Waals surface area contributed by atoms with Crippen LogP contribution in [0.2, 0.25) is 0 Å². The summed E-state index contributed by atoms with van der Waals surface area (Å²) in [6.07, 6.45) is 6.10. The van der Waals surface area contributed by atoms with E-state index in [4.69, 9.17) is 0 Å². The summed E-state index contributed by atoms with van der Waals surface area (Å²) in [5, 5.41) is 0. The summed E-state index contributed by atoms with van der Waals surface area (Å²) in [5.41, 5.74) is 1.90. The first-order valence-electron chi connectivity index (χ1n) is 6.63. The van der Waals surface area contributed by atoms with Gasteiger partial charge in [-0.05, 0) is 47.8 Å². The van der Waals surface area contributed by atoms with Crippen LogP contribution in [0.5, 0.6) is 0 Å². The van der Waals surface area contributed by atoms with Crippen LogP contribution in [0.25, 0.3) is 0 Å². The quantitative estimate of drug-likeness (QED) is 0.803. The smallest absolute Gasteiger partial charge is 0.254 e. The van der Waals surface area contributed by atoms with Crippen LogP contribution >= 0.6 is 15.9 Å². The lowest BCUT2D eigenvalue weighted by Gasteiger charge is -2.31. The van der Waals surface area contributed by atoms with E-state index in [2.05, 4.69) is 15.9 Å². The molecular formula is C15H20BrNO. The Labute approximate surface area is 117 Å². The van der Waals surface area contributed by atoms with Crippen LogP contribution in [-0.4, -0.2) is 23.9 Å². The third-order valence-corrected chi connectivity index (χ3v) is 4.49. The number of halogens is 1. The molecule has 1 aliphatic rings. The van der Waals surface area contributed by atoms with E-state index in [0.29, 0.717) is 6.04 Å². The SMILES string of the molecule is Cc1ccc(Br)c(C(=O)N(C)C2CCCCC2)c1. The maximum Gasteiger partial charge on any atom is 0.254 e. The highest BCUT2D eigenvalue weighted by molar-refractivity contribution is 9.10. The van der Waals surface area contributed by atoms with Crippen molar-refractivity contribution in [2.24, 2.45) is 0 Å². The van der Waals surface area contributed by atoms with Crippen LogP contribution < -0.4 is 0 Å². The van der Waals surface area contributed by atoms with Crippen LogP contribution in [0.1, 0.15) is 48.0 Å². The Balaban J connectivity index is 2.16. The number of benzene rings is 1. The van der Waals surface area contributed by atoms with E-state index >= 15 is 0 Å². The molecule has 0 radical (unpaired) electrons. The van der Waals surface area contributed by atoms with E-state index in [1.165, 1.54) is 19.3 Å². The van der Waals surface area contributed by atoms with E-state index in [9.17, 15) is 4.79 Å². The summed E-state index contributed by atoms with van der Waals surface area (Å²) in [5.74, 6) is 0.137. The van der Waals surface area contributed by atoms with E-state index in [0.717, 1.165) is 28.4 Å². The zero-order chi connectivity index (χ0) is 13.1. The van der Waals surface area contributed by atoms with Gasteiger partial charge in [-0.2, -0.15) is 0 Å². The predicted octanol–water partition coefficient (Wildman–Crippen LogP) is 4.16. The molecule has 1 amide bonds. The van der Waals surface area contributed by atoms with E-state index in [1.54, 1.807) is 0 Å². The normalized spacial score (nSPS) is 16.6. The molecule has 0 saturated heterocycles. The second-order valence-corrected chi connectivity index (χ2v) is 6.05. The van der Waals surface area contributed by atoms with Crippen molar-refractivity contribution in [1.29, 1.82) is 0 Å². The Bertz CT molecular complexity index is 438. The molecule has 1 fully saturated rings. The fourth-order valence-corrected chi connectivity index (χ4v) is 3.04. The fourth-order valence-electron chi connectivity index (χ4n) is 2.63. The molecule has 3 heteroatoms. The third-order valence-electron chi connectivity index (χ3n) is 3.80. The number of aryl methyl sites for hydroxylation is 1. The molecule has 0 aliphatic heterocycles. The van der Waals surface area contributed by atoms with Gasteiger partial charge in [-0.25, -0.2) is 0 Å². The first-order valence-corrected chi connectivity index (χ1v) is 7.42. The zero-order valence-electron chi connectivity index (χ0n) is 11.1. The molecule has 0 N–H and O–H groups in total. The number of carbonyl (C=O) groups is 1. The molecule has 1 aromatic carbocycles. The van der Waals surface area contributed by atoms with Crippen molar-refractivity contribution in [3.63, 3.8) is 0 Å². The van der Waals surface area contributed by atoms with Gasteiger partial charge in [0, 0.05) is 17.6 Å².